The minimum atomic E-state index is -1.66. The zero-order valence-electron chi connectivity index (χ0n) is 58.5. The van der Waals surface area contributed by atoms with Gasteiger partial charge in [0.25, 0.3) is 0 Å². The van der Waals surface area contributed by atoms with Crippen LogP contribution in [-0.2, 0) is 14.3 Å². The third-order valence-corrected chi connectivity index (χ3v) is 19.7. The molecule has 1 saturated heterocycles. The average molecular weight is 1250 g/mol. The lowest BCUT2D eigenvalue weighted by molar-refractivity contribution is -0.303. The van der Waals surface area contributed by atoms with Crippen molar-refractivity contribution in [3.05, 3.63) is 0 Å². The number of aliphatic hydroxyl groups excluding tert-OH is 7. The van der Waals surface area contributed by atoms with Crippen molar-refractivity contribution in [3.8, 4) is 0 Å². The number of hydrogen-bond donors (Lipinski definition) is 8. The molecule has 8 N–H and O–H groups in total. The van der Waals surface area contributed by atoms with Crippen molar-refractivity contribution in [3.63, 3.8) is 0 Å². The van der Waals surface area contributed by atoms with Crippen molar-refractivity contribution in [2.45, 2.75) is 473 Å². The van der Waals surface area contributed by atoms with E-state index >= 15 is 0 Å². The van der Waals surface area contributed by atoms with E-state index in [0.717, 1.165) is 38.5 Å². The Hall–Kier alpha value is -0.890. The van der Waals surface area contributed by atoms with Crippen LogP contribution in [0.3, 0.4) is 0 Å². The number of rotatable bonds is 71. The van der Waals surface area contributed by atoms with Gasteiger partial charge in [0.15, 0.2) is 6.29 Å². The van der Waals surface area contributed by atoms with Crippen LogP contribution in [0.5, 0.6) is 0 Å². The second-order valence-corrected chi connectivity index (χ2v) is 28.2. The third kappa shape index (κ3) is 52.5. The number of amides is 1. The third-order valence-electron chi connectivity index (χ3n) is 19.7. The van der Waals surface area contributed by atoms with Crippen LogP contribution in [-0.4, -0.2) is 110 Å². The van der Waals surface area contributed by atoms with Crippen LogP contribution in [0, 0.1) is 0 Å². The van der Waals surface area contributed by atoms with Crippen LogP contribution in [0.15, 0.2) is 0 Å². The molecule has 0 saturated carbocycles. The highest BCUT2D eigenvalue weighted by Crippen LogP contribution is 2.25. The lowest BCUT2D eigenvalue weighted by Gasteiger charge is -2.40. The first-order valence-corrected chi connectivity index (χ1v) is 39.4. The van der Waals surface area contributed by atoms with E-state index in [1.165, 1.54) is 340 Å². The Morgan fingerprint density at radius 1 is 0.352 bits per heavy atom. The minimum Gasteiger partial charge on any atom is -0.394 e. The molecule has 526 valence electrons. The molecule has 1 amide bonds. The summed E-state index contributed by atoms with van der Waals surface area (Å²) in [5.74, 6) is -0.685. The van der Waals surface area contributed by atoms with Gasteiger partial charge in [-0.05, 0) is 12.8 Å². The molecule has 1 aliphatic heterocycles. The number of ether oxygens (including phenoxy) is 2. The molecular weight excluding hydrogens is 1100 g/mol. The zero-order valence-corrected chi connectivity index (χ0v) is 58.5. The largest absolute Gasteiger partial charge is 0.394 e. The first kappa shape index (κ1) is 85.1. The maximum Gasteiger partial charge on any atom is 0.249 e. The summed E-state index contributed by atoms with van der Waals surface area (Å²) < 4.78 is 11.2. The fourth-order valence-corrected chi connectivity index (χ4v) is 13.4. The first-order valence-electron chi connectivity index (χ1n) is 39.4. The summed E-state index contributed by atoms with van der Waals surface area (Å²) in [7, 11) is 0. The molecule has 9 unspecified atom stereocenters. The molecule has 1 aliphatic rings. The molecule has 1 heterocycles. The Bertz CT molecular complexity index is 1390. The summed E-state index contributed by atoms with van der Waals surface area (Å²) in [6.07, 6.45) is 70.7. The van der Waals surface area contributed by atoms with Crippen molar-refractivity contribution >= 4 is 5.91 Å². The molecule has 0 radical (unpaired) electrons. The maximum absolute atomic E-state index is 13.3. The first-order chi connectivity index (χ1) is 43.2. The van der Waals surface area contributed by atoms with Crippen molar-refractivity contribution in [1.82, 2.24) is 5.32 Å². The lowest BCUT2D eigenvalue weighted by Crippen LogP contribution is -2.60. The standard InChI is InChI=1S/C77H153NO10/c1-3-5-7-9-11-13-15-17-19-21-23-25-27-29-31-33-34-35-37-39-41-43-45-47-49-51-53-55-57-59-61-63-65-70(81)76(86)78-68(67-87-77-75(85)74(84)73(83)71(66-79)88-77)72(82)69(80)64-62-60-58-56-54-52-50-48-46-44-42-40-38-36-32-30-28-26-24-22-20-18-16-14-12-10-8-6-4-2/h68-75,77,79-85H,3-67H2,1-2H3,(H,78,86). The van der Waals surface area contributed by atoms with Gasteiger partial charge in [0.1, 0.15) is 36.6 Å². The Kier molecular flexibility index (Phi) is 64.0. The van der Waals surface area contributed by atoms with E-state index in [-0.39, 0.29) is 6.42 Å². The fraction of sp³-hybridized carbons (Fsp3) is 0.987. The van der Waals surface area contributed by atoms with E-state index in [0.29, 0.717) is 19.3 Å². The van der Waals surface area contributed by atoms with E-state index < -0.39 is 74.2 Å². The van der Waals surface area contributed by atoms with Gasteiger partial charge < -0.3 is 50.5 Å². The van der Waals surface area contributed by atoms with Gasteiger partial charge in [0, 0.05) is 0 Å². The van der Waals surface area contributed by atoms with Crippen LogP contribution < -0.4 is 5.32 Å². The molecule has 11 heteroatoms. The SMILES string of the molecule is CCCCCCCCCCCCCCCCCCCCCCCCCCCCCCCCCCC(O)C(=O)NC(COC1OC(CO)C(O)C(O)C1O)C(O)C(O)CCCCCCCCCCCCCCCCCCCCCCCCCCCCCCC. The number of hydrogen-bond acceptors (Lipinski definition) is 10. The van der Waals surface area contributed by atoms with Gasteiger partial charge in [-0.2, -0.15) is 0 Å². The van der Waals surface area contributed by atoms with Crippen molar-refractivity contribution < 1.29 is 50.0 Å². The molecule has 9 atom stereocenters. The number of aliphatic hydroxyl groups is 7. The zero-order chi connectivity index (χ0) is 63.9. The normalized spacial score (nSPS) is 18.5. The number of unbranched alkanes of at least 4 members (excludes halogenated alkanes) is 59. The Balaban J connectivity index is 2.13. The monoisotopic (exact) mass is 1250 g/mol. The molecule has 0 aliphatic carbocycles. The number of carbonyl (C=O) groups excluding carboxylic acids is 1. The topological polar surface area (TPSA) is 189 Å². The average Bonchev–Trinajstić information content (AvgIpc) is 3.73. The van der Waals surface area contributed by atoms with E-state index in [1.54, 1.807) is 0 Å². The predicted molar refractivity (Wildman–Crippen MR) is 372 cm³/mol. The summed E-state index contributed by atoms with van der Waals surface area (Å²) in [6.45, 7) is 3.54. The fourth-order valence-electron chi connectivity index (χ4n) is 13.4. The predicted octanol–water partition coefficient (Wildman–Crippen LogP) is 20.0. The molecule has 88 heavy (non-hydrogen) atoms. The summed E-state index contributed by atoms with van der Waals surface area (Å²) >= 11 is 0. The van der Waals surface area contributed by atoms with Crippen LogP contribution in [0.4, 0.5) is 0 Å². The second-order valence-electron chi connectivity index (χ2n) is 28.2. The number of nitrogens with one attached hydrogen (secondary N) is 1. The van der Waals surface area contributed by atoms with E-state index in [9.17, 15) is 40.5 Å². The molecular formula is C77H153NO10. The van der Waals surface area contributed by atoms with Gasteiger partial charge in [-0.1, -0.05) is 406 Å². The highest BCUT2D eigenvalue weighted by atomic mass is 16.7. The van der Waals surface area contributed by atoms with Crippen molar-refractivity contribution in [2.75, 3.05) is 13.2 Å². The van der Waals surface area contributed by atoms with Crippen LogP contribution >= 0.6 is 0 Å². The van der Waals surface area contributed by atoms with Gasteiger partial charge in [-0.15, -0.1) is 0 Å². The highest BCUT2D eigenvalue weighted by molar-refractivity contribution is 5.80. The van der Waals surface area contributed by atoms with Gasteiger partial charge in [-0.3, -0.25) is 4.79 Å². The highest BCUT2D eigenvalue weighted by Gasteiger charge is 2.44. The van der Waals surface area contributed by atoms with Gasteiger partial charge in [-0.25, -0.2) is 0 Å². The maximum atomic E-state index is 13.3. The molecule has 0 bridgehead atoms. The van der Waals surface area contributed by atoms with Crippen LogP contribution in [0.1, 0.15) is 418 Å². The quantitative estimate of drug-likeness (QED) is 0.0272. The van der Waals surface area contributed by atoms with Gasteiger partial charge in [0.05, 0.1) is 25.4 Å². The lowest BCUT2D eigenvalue weighted by atomic mass is 9.98. The second kappa shape index (κ2) is 66.1. The van der Waals surface area contributed by atoms with Gasteiger partial charge >= 0.3 is 0 Å². The molecule has 0 aromatic heterocycles. The summed E-state index contributed by atoms with van der Waals surface area (Å²) in [5, 5.41) is 76.7. The smallest absolute Gasteiger partial charge is 0.249 e. The molecule has 11 nitrogen and oxygen atoms in total. The summed E-state index contributed by atoms with van der Waals surface area (Å²) in [4.78, 5) is 13.3. The number of carbonyl (C=O) groups is 1. The summed E-state index contributed by atoms with van der Waals surface area (Å²) in [6, 6.07) is -1.17. The van der Waals surface area contributed by atoms with Gasteiger partial charge in [0.2, 0.25) is 5.91 Å². The van der Waals surface area contributed by atoms with Crippen LogP contribution in [0.2, 0.25) is 0 Å². The molecule has 0 aromatic carbocycles. The van der Waals surface area contributed by atoms with E-state index in [2.05, 4.69) is 19.2 Å². The van der Waals surface area contributed by atoms with Crippen molar-refractivity contribution in [1.29, 1.82) is 0 Å². The molecule has 1 rings (SSSR count). The molecule has 1 fully saturated rings. The van der Waals surface area contributed by atoms with E-state index in [1.807, 2.05) is 0 Å². The molecule has 0 aromatic rings. The van der Waals surface area contributed by atoms with Crippen molar-refractivity contribution in [2.24, 2.45) is 0 Å². The van der Waals surface area contributed by atoms with E-state index in [4.69, 9.17) is 9.47 Å². The Morgan fingerprint density at radius 2 is 0.591 bits per heavy atom. The Morgan fingerprint density at radius 3 is 0.841 bits per heavy atom. The Labute approximate surface area is 545 Å². The minimum absolute atomic E-state index is 0.268. The van der Waals surface area contributed by atoms with Crippen LogP contribution in [0.25, 0.3) is 0 Å². The molecule has 0 spiro atoms. The summed E-state index contributed by atoms with van der Waals surface area (Å²) in [5.41, 5.74) is 0.